The van der Waals surface area contributed by atoms with Gasteiger partial charge in [0.05, 0.1) is 0 Å². The number of aryl methyl sites for hydroxylation is 1. The molecule has 0 saturated carbocycles. The summed E-state index contributed by atoms with van der Waals surface area (Å²) in [5.74, 6) is -0.240. The molecule has 0 aliphatic rings. The summed E-state index contributed by atoms with van der Waals surface area (Å²) in [6, 6.07) is 2.73. The largest absolute Gasteiger partial charge is 0.339 e. The number of aromatic nitrogens is 2. The summed E-state index contributed by atoms with van der Waals surface area (Å²) >= 11 is 0. The lowest BCUT2D eigenvalue weighted by Crippen LogP contribution is -2.33. The lowest BCUT2D eigenvalue weighted by molar-refractivity contribution is 0.0790. The molecule has 0 saturated heterocycles. The zero-order valence-corrected chi connectivity index (χ0v) is 8.80. The molecule has 1 aromatic rings. The second-order valence-electron chi connectivity index (χ2n) is 3.20. The lowest BCUT2D eigenvalue weighted by atomic mass is 10.3. The van der Waals surface area contributed by atoms with Gasteiger partial charge in [0.1, 0.15) is 5.69 Å². The summed E-state index contributed by atoms with van der Waals surface area (Å²) in [5, 5.41) is 3.85. The summed E-state index contributed by atoms with van der Waals surface area (Å²) in [6.07, 6.45) is 0. The van der Waals surface area contributed by atoms with Gasteiger partial charge in [0.2, 0.25) is 0 Å². The summed E-state index contributed by atoms with van der Waals surface area (Å²) in [5.41, 5.74) is 5.33. The number of nitrogens with zero attached hydrogens (tertiary/aromatic N) is 3. The molecule has 1 amide bonds. The summed E-state index contributed by atoms with van der Waals surface area (Å²) < 4.78 is 1.13. The first-order chi connectivity index (χ1) is 7.06. The SMILES string of the molecule is CN(CCN)C(=O)c1ccc(=O)n(C)n1. The molecule has 0 aliphatic heterocycles. The van der Waals surface area contributed by atoms with Crippen LogP contribution >= 0.6 is 0 Å². The highest BCUT2D eigenvalue weighted by atomic mass is 16.2. The van der Waals surface area contributed by atoms with Crippen molar-refractivity contribution in [1.29, 1.82) is 0 Å². The van der Waals surface area contributed by atoms with Crippen molar-refractivity contribution in [3.63, 3.8) is 0 Å². The maximum atomic E-state index is 11.7. The number of rotatable bonds is 3. The predicted octanol–water partition coefficient (Wildman–Crippen LogP) is -1.19. The van der Waals surface area contributed by atoms with Crippen LogP contribution in [0.5, 0.6) is 0 Å². The second kappa shape index (κ2) is 4.70. The molecule has 0 radical (unpaired) electrons. The molecular formula is C9H14N4O2. The molecule has 1 heterocycles. The quantitative estimate of drug-likeness (QED) is 0.680. The Labute approximate surface area is 87.3 Å². The lowest BCUT2D eigenvalue weighted by Gasteiger charge is -2.15. The van der Waals surface area contributed by atoms with Crippen molar-refractivity contribution in [3.05, 3.63) is 28.2 Å². The highest BCUT2D eigenvalue weighted by Crippen LogP contribution is 1.96. The fraction of sp³-hybridized carbons (Fsp3) is 0.444. The van der Waals surface area contributed by atoms with Crippen LogP contribution in [0.3, 0.4) is 0 Å². The van der Waals surface area contributed by atoms with Gasteiger partial charge < -0.3 is 10.6 Å². The maximum Gasteiger partial charge on any atom is 0.274 e. The Bertz CT molecular complexity index is 413. The molecular weight excluding hydrogens is 196 g/mol. The fourth-order valence-electron chi connectivity index (χ4n) is 1.11. The summed E-state index contributed by atoms with van der Waals surface area (Å²) in [6.45, 7) is 0.858. The van der Waals surface area contributed by atoms with Gasteiger partial charge in [-0.25, -0.2) is 4.68 Å². The smallest absolute Gasteiger partial charge is 0.274 e. The summed E-state index contributed by atoms with van der Waals surface area (Å²) in [7, 11) is 3.14. The highest BCUT2D eigenvalue weighted by molar-refractivity contribution is 5.91. The number of likely N-dealkylation sites (N-methyl/N-ethyl adjacent to an activating group) is 1. The molecule has 2 N–H and O–H groups in total. The van der Waals surface area contributed by atoms with Crippen LogP contribution in [0.25, 0.3) is 0 Å². The van der Waals surface area contributed by atoms with Gasteiger partial charge in [-0.1, -0.05) is 0 Å². The van der Waals surface area contributed by atoms with Crippen LogP contribution in [0.15, 0.2) is 16.9 Å². The molecule has 6 nitrogen and oxygen atoms in total. The number of nitrogens with two attached hydrogens (primary N) is 1. The van der Waals surface area contributed by atoms with Crippen LogP contribution in [0.4, 0.5) is 0 Å². The van der Waals surface area contributed by atoms with Crippen LogP contribution in [-0.2, 0) is 7.05 Å². The zero-order chi connectivity index (χ0) is 11.4. The average Bonchev–Trinajstić information content (AvgIpc) is 2.21. The predicted molar refractivity (Wildman–Crippen MR) is 55.5 cm³/mol. The van der Waals surface area contributed by atoms with E-state index in [0.29, 0.717) is 13.1 Å². The third kappa shape index (κ3) is 2.63. The first kappa shape index (κ1) is 11.4. The van der Waals surface area contributed by atoms with Gasteiger partial charge in [-0.05, 0) is 6.07 Å². The van der Waals surface area contributed by atoms with Gasteiger partial charge >= 0.3 is 0 Å². The van der Waals surface area contributed by atoms with Crippen molar-refractivity contribution >= 4 is 5.91 Å². The molecule has 82 valence electrons. The Morgan fingerprint density at radius 3 is 2.80 bits per heavy atom. The Morgan fingerprint density at radius 2 is 2.27 bits per heavy atom. The third-order valence-electron chi connectivity index (χ3n) is 1.99. The molecule has 15 heavy (non-hydrogen) atoms. The molecule has 0 bridgehead atoms. The van der Waals surface area contributed by atoms with E-state index >= 15 is 0 Å². The van der Waals surface area contributed by atoms with Gasteiger partial charge in [-0.2, -0.15) is 5.10 Å². The van der Waals surface area contributed by atoms with E-state index in [1.807, 2.05) is 0 Å². The van der Waals surface area contributed by atoms with Crippen LogP contribution < -0.4 is 11.3 Å². The van der Waals surface area contributed by atoms with Crippen molar-refractivity contribution in [2.45, 2.75) is 0 Å². The fourth-order valence-corrected chi connectivity index (χ4v) is 1.11. The van der Waals surface area contributed by atoms with Crippen molar-refractivity contribution in [2.24, 2.45) is 12.8 Å². The molecule has 0 fully saturated rings. The molecule has 0 spiro atoms. The number of carbonyl (C=O) groups excluding carboxylic acids is 1. The van der Waals surface area contributed by atoms with Gasteiger partial charge in [0.25, 0.3) is 11.5 Å². The van der Waals surface area contributed by atoms with Crippen LogP contribution in [0, 0.1) is 0 Å². The van der Waals surface area contributed by atoms with Gasteiger partial charge in [0, 0.05) is 33.3 Å². The van der Waals surface area contributed by atoms with E-state index in [2.05, 4.69) is 5.10 Å². The highest BCUT2D eigenvalue weighted by Gasteiger charge is 2.12. The Balaban J connectivity index is 2.92. The Kier molecular flexibility index (Phi) is 3.56. The van der Waals surface area contributed by atoms with Crippen LogP contribution in [-0.4, -0.2) is 40.7 Å². The molecule has 0 aromatic carbocycles. The summed E-state index contributed by atoms with van der Waals surface area (Å²) in [4.78, 5) is 24.2. The van der Waals surface area contributed by atoms with E-state index in [1.165, 1.54) is 24.1 Å². The first-order valence-electron chi connectivity index (χ1n) is 4.56. The van der Waals surface area contributed by atoms with E-state index in [9.17, 15) is 9.59 Å². The van der Waals surface area contributed by atoms with Crippen molar-refractivity contribution < 1.29 is 4.79 Å². The van der Waals surface area contributed by atoms with Crippen molar-refractivity contribution in [3.8, 4) is 0 Å². The molecule has 0 unspecified atom stereocenters. The van der Waals surface area contributed by atoms with E-state index < -0.39 is 0 Å². The minimum absolute atomic E-state index is 0.240. The third-order valence-corrected chi connectivity index (χ3v) is 1.99. The topological polar surface area (TPSA) is 81.2 Å². The molecule has 6 heteroatoms. The first-order valence-corrected chi connectivity index (χ1v) is 4.56. The van der Waals surface area contributed by atoms with E-state index in [0.717, 1.165) is 4.68 Å². The molecule has 1 aromatic heterocycles. The Hall–Kier alpha value is -1.69. The minimum atomic E-state index is -0.243. The Morgan fingerprint density at radius 1 is 1.60 bits per heavy atom. The standard InChI is InChI=1S/C9H14N4O2/c1-12(6-5-10)9(15)7-3-4-8(14)13(2)11-7/h3-4H,5-6,10H2,1-2H3. The average molecular weight is 210 g/mol. The number of hydrogen-bond acceptors (Lipinski definition) is 4. The van der Waals surface area contributed by atoms with E-state index in [-0.39, 0.29) is 17.2 Å². The van der Waals surface area contributed by atoms with Gasteiger partial charge in [0.15, 0.2) is 0 Å². The monoisotopic (exact) mass is 210 g/mol. The van der Waals surface area contributed by atoms with Crippen LogP contribution in [0.1, 0.15) is 10.5 Å². The minimum Gasteiger partial charge on any atom is -0.339 e. The van der Waals surface area contributed by atoms with Gasteiger partial charge in [-0.15, -0.1) is 0 Å². The second-order valence-corrected chi connectivity index (χ2v) is 3.20. The van der Waals surface area contributed by atoms with Crippen molar-refractivity contribution in [2.75, 3.05) is 20.1 Å². The van der Waals surface area contributed by atoms with E-state index in [1.54, 1.807) is 7.05 Å². The number of carbonyl (C=O) groups is 1. The number of amides is 1. The molecule has 0 aliphatic carbocycles. The van der Waals surface area contributed by atoms with Gasteiger partial charge in [-0.3, -0.25) is 9.59 Å². The van der Waals surface area contributed by atoms with Crippen LogP contribution in [0.2, 0.25) is 0 Å². The number of hydrogen-bond donors (Lipinski definition) is 1. The molecule has 1 rings (SSSR count). The maximum absolute atomic E-state index is 11.7. The molecule has 0 atom stereocenters. The van der Waals surface area contributed by atoms with E-state index in [4.69, 9.17) is 5.73 Å². The zero-order valence-electron chi connectivity index (χ0n) is 8.80. The normalized spacial score (nSPS) is 10.1. The van der Waals surface area contributed by atoms with Crippen molar-refractivity contribution in [1.82, 2.24) is 14.7 Å².